The monoisotopic (exact) mass is 281 g/mol. The van der Waals surface area contributed by atoms with E-state index in [-0.39, 0.29) is 6.61 Å². The van der Waals surface area contributed by atoms with E-state index in [9.17, 15) is 5.11 Å². The summed E-state index contributed by atoms with van der Waals surface area (Å²) in [5, 5.41) is 9.78. The van der Waals surface area contributed by atoms with Gasteiger partial charge in [0.25, 0.3) is 0 Å². The van der Waals surface area contributed by atoms with Crippen molar-refractivity contribution in [1.29, 1.82) is 0 Å². The molecule has 2 atom stereocenters. The molecule has 0 aliphatic carbocycles. The minimum atomic E-state index is 0.269. The number of benzene rings is 2. The molecule has 1 N–H and O–H groups in total. The molecule has 3 rings (SSSR count). The fourth-order valence-electron chi connectivity index (χ4n) is 3.42. The van der Waals surface area contributed by atoms with E-state index >= 15 is 0 Å². The highest BCUT2D eigenvalue weighted by Crippen LogP contribution is 2.33. The van der Waals surface area contributed by atoms with Crippen LogP contribution in [-0.2, 0) is 6.54 Å². The van der Waals surface area contributed by atoms with Crippen molar-refractivity contribution in [2.45, 2.75) is 18.9 Å². The van der Waals surface area contributed by atoms with E-state index < -0.39 is 0 Å². The number of aliphatic hydroxyl groups excluding tert-OH is 1. The second-order valence-electron chi connectivity index (χ2n) is 5.97. The molecule has 0 unspecified atom stereocenters. The lowest BCUT2D eigenvalue weighted by molar-refractivity contribution is 0.0972. The van der Waals surface area contributed by atoms with Crippen molar-refractivity contribution in [3.05, 3.63) is 71.8 Å². The molecular formula is C19H23NO. The number of nitrogens with zero attached hydrogens (tertiary/aromatic N) is 1. The molecule has 110 valence electrons. The second kappa shape index (κ2) is 6.88. The van der Waals surface area contributed by atoms with Gasteiger partial charge in [0.1, 0.15) is 0 Å². The molecule has 1 saturated heterocycles. The van der Waals surface area contributed by atoms with Crippen molar-refractivity contribution in [3.8, 4) is 0 Å². The van der Waals surface area contributed by atoms with E-state index in [0.29, 0.717) is 11.8 Å². The molecule has 0 amide bonds. The molecule has 21 heavy (non-hydrogen) atoms. The summed E-state index contributed by atoms with van der Waals surface area (Å²) in [5.41, 5.74) is 2.73. The van der Waals surface area contributed by atoms with Crippen LogP contribution in [0.4, 0.5) is 0 Å². The molecule has 0 spiro atoms. The zero-order valence-electron chi connectivity index (χ0n) is 12.4. The summed E-state index contributed by atoms with van der Waals surface area (Å²) in [6, 6.07) is 21.2. The molecule has 2 aromatic carbocycles. The summed E-state index contributed by atoms with van der Waals surface area (Å²) in [6.45, 7) is 3.33. The number of hydrogen-bond donors (Lipinski definition) is 1. The van der Waals surface area contributed by atoms with Gasteiger partial charge in [-0.05, 0) is 30.0 Å². The molecule has 0 aromatic heterocycles. The van der Waals surface area contributed by atoms with Crippen LogP contribution in [0.1, 0.15) is 23.5 Å². The molecular weight excluding hydrogens is 258 g/mol. The first kappa shape index (κ1) is 14.3. The van der Waals surface area contributed by atoms with Gasteiger partial charge in [-0.3, -0.25) is 4.90 Å². The zero-order chi connectivity index (χ0) is 14.5. The molecule has 1 heterocycles. The van der Waals surface area contributed by atoms with E-state index in [0.717, 1.165) is 26.1 Å². The average Bonchev–Trinajstić information content (AvgIpc) is 2.56. The van der Waals surface area contributed by atoms with Gasteiger partial charge in [-0.2, -0.15) is 0 Å². The third-order valence-electron chi connectivity index (χ3n) is 4.53. The Kier molecular flexibility index (Phi) is 4.69. The fraction of sp³-hybridized carbons (Fsp3) is 0.368. The van der Waals surface area contributed by atoms with Gasteiger partial charge in [-0.25, -0.2) is 0 Å². The van der Waals surface area contributed by atoms with Gasteiger partial charge in [0.2, 0.25) is 0 Å². The number of likely N-dealkylation sites (tertiary alicyclic amines) is 1. The van der Waals surface area contributed by atoms with Crippen LogP contribution < -0.4 is 0 Å². The largest absolute Gasteiger partial charge is 0.396 e. The van der Waals surface area contributed by atoms with Gasteiger partial charge in [-0.15, -0.1) is 0 Å². The maximum absolute atomic E-state index is 9.78. The minimum Gasteiger partial charge on any atom is -0.396 e. The molecule has 1 aliphatic heterocycles. The third kappa shape index (κ3) is 3.52. The van der Waals surface area contributed by atoms with Gasteiger partial charge in [-0.1, -0.05) is 60.7 Å². The lowest BCUT2D eigenvalue weighted by Gasteiger charge is -2.38. The maximum atomic E-state index is 9.78. The first-order valence-electron chi connectivity index (χ1n) is 7.79. The van der Waals surface area contributed by atoms with Crippen LogP contribution in [0.3, 0.4) is 0 Å². The van der Waals surface area contributed by atoms with Gasteiger partial charge < -0.3 is 5.11 Å². The van der Waals surface area contributed by atoms with Gasteiger partial charge >= 0.3 is 0 Å². The van der Waals surface area contributed by atoms with Crippen LogP contribution in [0.2, 0.25) is 0 Å². The average molecular weight is 281 g/mol. The normalized spacial score (nSPS) is 23.1. The predicted octanol–water partition coefficient (Wildman–Crippen LogP) is 3.28. The molecule has 2 nitrogen and oxygen atoms in total. The minimum absolute atomic E-state index is 0.269. The highest BCUT2D eigenvalue weighted by atomic mass is 16.3. The Labute approximate surface area is 127 Å². The topological polar surface area (TPSA) is 23.5 Å². The molecule has 2 heteroatoms. The van der Waals surface area contributed by atoms with Crippen LogP contribution in [0.5, 0.6) is 0 Å². The summed E-state index contributed by atoms with van der Waals surface area (Å²) in [4.78, 5) is 2.47. The van der Waals surface area contributed by atoms with E-state index in [4.69, 9.17) is 0 Å². The SMILES string of the molecule is OC[C@H]1CN(Cc2ccccc2)CC[C@@H]1c1ccccc1. The third-order valence-corrected chi connectivity index (χ3v) is 4.53. The van der Waals surface area contributed by atoms with E-state index in [1.807, 2.05) is 0 Å². The van der Waals surface area contributed by atoms with Crippen molar-refractivity contribution in [3.63, 3.8) is 0 Å². The predicted molar refractivity (Wildman–Crippen MR) is 86.1 cm³/mol. The zero-order valence-corrected chi connectivity index (χ0v) is 12.4. The molecule has 1 aliphatic rings. The molecule has 0 saturated carbocycles. The number of hydrogen-bond acceptors (Lipinski definition) is 2. The van der Waals surface area contributed by atoms with Crippen molar-refractivity contribution in [1.82, 2.24) is 4.90 Å². The van der Waals surface area contributed by atoms with Crippen LogP contribution >= 0.6 is 0 Å². The molecule has 0 bridgehead atoms. The first-order chi connectivity index (χ1) is 10.4. The van der Waals surface area contributed by atoms with Gasteiger partial charge in [0.05, 0.1) is 0 Å². The molecule has 2 aromatic rings. The smallest absolute Gasteiger partial charge is 0.0477 e. The van der Waals surface area contributed by atoms with E-state index in [1.54, 1.807) is 0 Å². The lowest BCUT2D eigenvalue weighted by atomic mass is 9.81. The van der Waals surface area contributed by atoms with E-state index in [1.165, 1.54) is 11.1 Å². The maximum Gasteiger partial charge on any atom is 0.0477 e. The summed E-state index contributed by atoms with van der Waals surface area (Å²) in [6.07, 6.45) is 1.13. The quantitative estimate of drug-likeness (QED) is 0.929. The summed E-state index contributed by atoms with van der Waals surface area (Å²) in [5.74, 6) is 0.827. The Morgan fingerprint density at radius 1 is 0.952 bits per heavy atom. The standard InChI is InChI=1S/C19H23NO/c21-15-18-14-20(13-16-7-3-1-4-8-16)12-11-19(18)17-9-5-2-6-10-17/h1-10,18-19,21H,11-15H2/t18-,19-/m1/s1. The van der Waals surface area contributed by atoms with Crippen LogP contribution in [0.25, 0.3) is 0 Å². The van der Waals surface area contributed by atoms with Gasteiger partial charge in [0.15, 0.2) is 0 Å². The Hall–Kier alpha value is -1.64. The Balaban J connectivity index is 1.66. The molecule has 1 fully saturated rings. The summed E-state index contributed by atoms with van der Waals surface area (Å²) in [7, 11) is 0. The highest BCUT2D eigenvalue weighted by Gasteiger charge is 2.29. The second-order valence-corrected chi connectivity index (χ2v) is 5.97. The van der Waals surface area contributed by atoms with Crippen LogP contribution in [0, 0.1) is 5.92 Å². The first-order valence-corrected chi connectivity index (χ1v) is 7.79. The highest BCUT2D eigenvalue weighted by molar-refractivity contribution is 5.21. The fourth-order valence-corrected chi connectivity index (χ4v) is 3.42. The van der Waals surface area contributed by atoms with Crippen molar-refractivity contribution in [2.24, 2.45) is 5.92 Å². The summed E-state index contributed by atoms with van der Waals surface area (Å²) >= 11 is 0. The Bertz CT molecular complexity index is 540. The number of rotatable bonds is 4. The van der Waals surface area contributed by atoms with Gasteiger partial charge in [0, 0.05) is 25.6 Å². The van der Waals surface area contributed by atoms with Crippen molar-refractivity contribution < 1.29 is 5.11 Å². The van der Waals surface area contributed by atoms with Crippen LogP contribution in [0.15, 0.2) is 60.7 Å². The Morgan fingerprint density at radius 3 is 2.29 bits per heavy atom. The number of aliphatic hydroxyl groups is 1. The number of piperidine rings is 1. The van der Waals surface area contributed by atoms with Crippen molar-refractivity contribution in [2.75, 3.05) is 19.7 Å². The summed E-state index contributed by atoms with van der Waals surface area (Å²) < 4.78 is 0. The lowest BCUT2D eigenvalue weighted by Crippen LogP contribution is -2.40. The molecule has 0 radical (unpaired) electrons. The van der Waals surface area contributed by atoms with E-state index in [2.05, 4.69) is 65.6 Å². The van der Waals surface area contributed by atoms with Crippen LogP contribution in [-0.4, -0.2) is 29.7 Å². The van der Waals surface area contributed by atoms with Crippen molar-refractivity contribution >= 4 is 0 Å². The Morgan fingerprint density at radius 2 is 1.62 bits per heavy atom.